The van der Waals surface area contributed by atoms with Crippen LogP contribution >= 0.6 is 0 Å². The lowest BCUT2D eigenvalue weighted by atomic mass is 10.0. The lowest BCUT2D eigenvalue weighted by Crippen LogP contribution is -2.38. The quantitative estimate of drug-likeness (QED) is 0.761. The van der Waals surface area contributed by atoms with Crippen LogP contribution in [0, 0.1) is 0 Å². The van der Waals surface area contributed by atoms with Crippen molar-refractivity contribution in [1.82, 2.24) is 5.32 Å². The van der Waals surface area contributed by atoms with Gasteiger partial charge in [0.25, 0.3) is 5.91 Å². The highest BCUT2D eigenvalue weighted by Gasteiger charge is 2.43. The van der Waals surface area contributed by atoms with Crippen molar-refractivity contribution in [1.29, 1.82) is 0 Å². The molecule has 0 aliphatic carbocycles. The highest BCUT2D eigenvalue weighted by molar-refractivity contribution is 5.95. The molecule has 162 valence electrons. The van der Waals surface area contributed by atoms with Gasteiger partial charge in [0.05, 0.1) is 21.3 Å². The van der Waals surface area contributed by atoms with Gasteiger partial charge in [-0.05, 0) is 35.9 Å². The van der Waals surface area contributed by atoms with E-state index in [1.165, 1.54) is 39.5 Å². The molecular formula is C20H20F3NO6. The fourth-order valence-corrected chi connectivity index (χ4v) is 3.02. The van der Waals surface area contributed by atoms with Crippen LogP contribution in [0.4, 0.5) is 13.2 Å². The van der Waals surface area contributed by atoms with Crippen LogP contribution in [0.3, 0.4) is 0 Å². The van der Waals surface area contributed by atoms with Gasteiger partial charge in [-0.3, -0.25) is 4.79 Å². The third kappa shape index (κ3) is 4.32. The number of benzene rings is 2. The predicted molar refractivity (Wildman–Crippen MR) is 99.8 cm³/mol. The maximum atomic E-state index is 13.8. The number of amides is 1. The molecule has 0 fully saturated rings. The first-order chi connectivity index (χ1) is 14.3. The summed E-state index contributed by atoms with van der Waals surface area (Å²) in [6, 6.07) is 4.16. The van der Waals surface area contributed by atoms with Crippen LogP contribution in [-0.2, 0) is 0 Å². The maximum Gasteiger partial charge on any atom is 0.412 e. The Balaban J connectivity index is 1.95. The molecule has 1 atom stereocenters. The van der Waals surface area contributed by atoms with Crippen molar-refractivity contribution in [2.75, 3.05) is 34.5 Å². The Morgan fingerprint density at radius 3 is 2.10 bits per heavy atom. The second kappa shape index (κ2) is 8.60. The molecule has 1 amide bonds. The van der Waals surface area contributed by atoms with E-state index in [2.05, 4.69) is 0 Å². The number of methoxy groups -OCH3 is 3. The number of ether oxygens (including phenoxy) is 5. The summed E-state index contributed by atoms with van der Waals surface area (Å²) in [7, 11) is 3.92. The van der Waals surface area contributed by atoms with Crippen molar-refractivity contribution in [3.63, 3.8) is 0 Å². The molecule has 1 aliphatic rings. The summed E-state index contributed by atoms with van der Waals surface area (Å²) in [5, 5.41) is 2.02. The van der Waals surface area contributed by atoms with Crippen molar-refractivity contribution in [2.24, 2.45) is 0 Å². The fourth-order valence-electron chi connectivity index (χ4n) is 3.02. The Bertz CT molecular complexity index is 906. The largest absolute Gasteiger partial charge is 0.493 e. The second-order valence-electron chi connectivity index (χ2n) is 6.27. The summed E-state index contributed by atoms with van der Waals surface area (Å²) in [6.07, 6.45) is -4.78. The first-order valence-electron chi connectivity index (χ1n) is 8.85. The average molecular weight is 427 g/mol. The lowest BCUT2D eigenvalue weighted by molar-refractivity contribution is -0.155. The Labute approximate surface area is 170 Å². The van der Waals surface area contributed by atoms with Crippen LogP contribution in [-0.4, -0.2) is 46.6 Å². The molecule has 30 heavy (non-hydrogen) atoms. The van der Waals surface area contributed by atoms with Crippen LogP contribution in [0.5, 0.6) is 28.7 Å². The molecule has 0 saturated heterocycles. The first kappa shape index (κ1) is 21.4. The molecule has 10 heteroatoms. The molecule has 2 aromatic carbocycles. The van der Waals surface area contributed by atoms with E-state index in [0.29, 0.717) is 18.1 Å². The molecule has 1 heterocycles. The summed E-state index contributed by atoms with van der Waals surface area (Å²) in [5.41, 5.74) is -0.274. The molecule has 1 aliphatic heterocycles. The summed E-state index contributed by atoms with van der Waals surface area (Å²) in [5.74, 6) is 0.00953. The number of hydrogen-bond donors (Lipinski definition) is 1. The van der Waals surface area contributed by atoms with Gasteiger partial charge in [0.1, 0.15) is 13.2 Å². The van der Waals surface area contributed by atoms with E-state index in [-0.39, 0.29) is 35.0 Å². The minimum atomic E-state index is -4.78. The lowest BCUT2D eigenvalue weighted by Gasteiger charge is -2.24. The molecule has 0 radical (unpaired) electrons. The van der Waals surface area contributed by atoms with Crippen molar-refractivity contribution >= 4 is 5.91 Å². The molecule has 1 N–H and O–H groups in total. The van der Waals surface area contributed by atoms with Gasteiger partial charge in [-0.2, -0.15) is 13.2 Å². The second-order valence-corrected chi connectivity index (χ2v) is 6.27. The molecular weight excluding hydrogens is 407 g/mol. The average Bonchev–Trinajstić information content (AvgIpc) is 2.74. The standard InChI is InChI=1S/C20H20F3NO6/c1-26-15-9-12(10-16(27-2)17(15)28-3)18(20(21,22)23)24-19(25)11-4-5-13-14(8-11)30-7-6-29-13/h4-5,8-10,18H,6-7H2,1-3H3,(H,24,25)/t18-/m0/s1. The number of alkyl halides is 3. The van der Waals surface area contributed by atoms with E-state index in [0.717, 1.165) is 12.1 Å². The molecule has 0 aromatic heterocycles. The molecule has 3 rings (SSSR count). The molecule has 0 unspecified atom stereocenters. The zero-order chi connectivity index (χ0) is 21.9. The van der Waals surface area contributed by atoms with Gasteiger partial charge in [-0.1, -0.05) is 0 Å². The predicted octanol–water partition coefficient (Wildman–Crippen LogP) is 3.52. The monoisotopic (exact) mass is 427 g/mol. The van der Waals surface area contributed by atoms with E-state index in [9.17, 15) is 18.0 Å². The van der Waals surface area contributed by atoms with Crippen LogP contribution in [0.15, 0.2) is 30.3 Å². The van der Waals surface area contributed by atoms with Crippen molar-refractivity contribution in [2.45, 2.75) is 12.2 Å². The molecule has 7 nitrogen and oxygen atoms in total. The molecule has 0 spiro atoms. The molecule has 0 saturated carbocycles. The maximum absolute atomic E-state index is 13.8. The van der Waals surface area contributed by atoms with Gasteiger partial charge < -0.3 is 29.0 Å². The van der Waals surface area contributed by atoms with Crippen molar-refractivity contribution < 1.29 is 41.7 Å². The number of rotatable bonds is 6. The van der Waals surface area contributed by atoms with E-state index in [4.69, 9.17) is 23.7 Å². The number of halogens is 3. The highest BCUT2D eigenvalue weighted by atomic mass is 19.4. The highest BCUT2D eigenvalue weighted by Crippen LogP contribution is 2.43. The SMILES string of the molecule is COc1cc([C@H](NC(=O)c2ccc3c(c2)OCCO3)C(F)(F)F)cc(OC)c1OC. The summed E-state index contributed by atoms with van der Waals surface area (Å²) >= 11 is 0. The first-order valence-corrected chi connectivity index (χ1v) is 8.85. The Hall–Kier alpha value is -3.30. The van der Waals surface area contributed by atoms with E-state index < -0.39 is 18.1 Å². The van der Waals surface area contributed by atoms with E-state index in [1.807, 2.05) is 5.32 Å². The van der Waals surface area contributed by atoms with Crippen LogP contribution < -0.4 is 29.0 Å². The van der Waals surface area contributed by atoms with Crippen molar-refractivity contribution in [3.05, 3.63) is 41.5 Å². The topological polar surface area (TPSA) is 75.3 Å². The number of hydrogen-bond acceptors (Lipinski definition) is 6. The van der Waals surface area contributed by atoms with Gasteiger partial charge in [0.15, 0.2) is 29.0 Å². The smallest absolute Gasteiger partial charge is 0.412 e. The van der Waals surface area contributed by atoms with Gasteiger partial charge >= 0.3 is 6.18 Å². The van der Waals surface area contributed by atoms with Crippen LogP contribution in [0.1, 0.15) is 22.0 Å². The van der Waals surface area contributed by atoms with Crippen molar-refractivity contribution in [3.8, 4) is 28.7 Å². The zero-order valence-electron chi connectivity index (χ0n) is 16.5. The summed E-state index contributed by atoms with van der Waals surface area (Å²) in [6.45, 7) is 0.643. The fraction of sp³-hybridized carbons (Fsp3) is 0.350. The minimum Gasteiger partial charge on any atom is -0.493 e. The Kier molecular flexibility index (Phi) is 6.14. The third-order valence-corrected chi connectivity index (χ3v) is 4.43. The molecule has 0 bridgehead atoms. The van der Waals surface area contributed by atoms with Gasteiger partial charge in [0, 0.05) is 5.56 Å². The Morgan fingerprint density at radius 1 is 0.967 bits per heavy atom. The third-order valence-electron chi connectivity index (χ3n) is 4.43. The van der Waals surface area contributed by atoms with Gasteiger partial charge in [-0.25, -0.2) is 0 Å². The van der Waals surface area contributed by atoms with Gasteiger partial charge in [0.2, 0.25) is 5.75 Å². The van der Waals surface area contributed by atoms with E-state index >= 15 is 0 Å². The van der Waals surface area contributed by atoms with Crippen LogP contribution in [0.2, 0.25) is 0 Å². The Morgan fingerprint density at radius 2 is 1.57 bits per heavy atom. The number of carbonyl (C=O) groups excluding carboxylic acids is 1. The number of fused-ring (bicyclic) bond motifs is 1. The number of carbonyl (C=O) groups is 1. The number of nitrogens with one attached hydrogen (secondary N) is 1. The van der Waals surface area contributed by atoms with Gasteiger partial charge in [-0.15, -0.1) is 0 Å². The zero-order valence-corrected chi connectivity index (χ0v) is 16.5. The summed E-state index contributed by atoms with van der Waals surface area (Å²) in [4.78, 5) is 12.6. The minimum absolute atomic E-state index is 0.000872. The normalized spacial score (nSPS) is 13.9. The van der Waals surface area contributed by atoms with E-state index in [1.54, 1.807) is 0 Å². The van der Waals surface area contributed by atoms with Crippen LogP contribution in [0.25, 0.3) is 0 Å². The molecule has 2 aromatic rings. The summed E-state index contributed by atoms with van der Waals surface area (Å²) < 4.78 is 67.6.